The van der Waals surface area contributed by atoms with Gasteiger partial charge in [0.2, 0.25) is 5.91 Å². The van der Waals surface area contributed by atoms with Crippen molar-refractivity contribution in [3.05, 3.63) is 60.3 Å². The lowest BCUT2D eigenvalue weighted by Crippen LogP contribution is -2.20. The second-order valence-electron chi connectivity index (χ2n) is 4.77. The molecule has 0 aliphatic heterocycles. The summed E-state index contributed by atoms with van der Waals surface area (Å²) in [6.45, 7) is 0.563. The van der Waals surface area contributed by atoms with Gasteiger partial charge in [0.25, 0.3) is 0 Å². The first-order valence-electron chi connectivity index (χ1n) is 6.76. The molecule has 3 rings (SSSR count). The van der Waals surface area contributed by atoms with Gasteiger partial charge in [0.1, 0.15) is 6.54 Å². The number of aromatic nitrogens is 2. The minimum Gasteiger partial charge on any atom is -0.326 e. The fraction of sp³-hybridized carbons (Fsp3) is 0.125. The fourth-order valence-corrected chi connectivity index (χ4v) is 2.30. The van der Waals surface area contributed by atoms with Gasteiger partial charge >= 0.3 is 0 Å². The number of anilines is 1. The van der Waals surface area contributed by atoms with Gasteiger partial charge in [0, 0.05) is 17.6 Å². The number of nitrogens with two attached hydrogens (primary N) is 1. The van der Waals surface area contributed by atoms with Crippen LogP contribution in [0.5, 0.6) is 0 Å². The maximum Gasteiger partial charge on any atom is 0.246 e. The van der Waals surface area contributed by atoms with Gasteiger partial charge in [0.05, 0.1) is 11.7 Å². The number of para-hydroxylation sites is 2. The standard InChI is InChI=1S/C16H16N4O/c17-9-12-5-1-3-7-14(12)19-16(21)11-20-15-8-4-2-6-13(15)10-18-20/h1-8,10H,9,11,17H2,(H,19,21). The Hall–Kier alpha value is -2.66. The van der Waals surface area contributed by atoms with Crippen LogP contribution in [0.3, 0.4) is 0 Å². The summed E-state index contributed by atoms with van der Waals surface area (Å²) in [6.07, 6.45) is 1.76. The molecule has 21 heavy (non-hydrogen) atoms. The number of benzene rings is 2. The van der Waals surface area contributed by atoms with Crippen molar-refractivity contribution in [3.63, 3.8) is 0 Å². The van der Waals surface area contributed by atoms with Crippen LogP contribution in [0.15, 0.2) is 54.7 Å². The van der Waals surface area contributed by atoms with Crippen molar-refractivity contribution < 1.29 is 4.79 Å². The molecule has 106 valence electrons. The van der Waals surface area contributed by atoms with E-state index in [0.717, 1.165) is 22.2 Å². The Kier molecular flexibility index (Phi) is 3.66. The summed E-state index contributed by atoms with van der Waals surface area (Å²) >= 11 is 0. The Bertz CT molecular complexity index is 779. The number of carbonyl (C=O) groups excluding carboxylic acids is 1. The summed E-state index contributed by atoms with van der Waals surface area (Å²) in [5.41, 5.74) is 8.28. The lowest BCUT2D eigenvalue weighted by atomic mass is 10.2. The number of fused-ring (bicyclic) bond motifs is 1. The van der Waals surface area contributed by atoms with Crippen molar-refractivity contribution in [2.24, 2.45) is 5.73 Å². The molecule has 0 radical (unpaired) electrons. The van der Waals surface area contributed by atoms with E-state index in [1.807, 2.05) is 48.5 Å². The zero-order valence-electron chi connectivity index (χ0n) is 11.5. The van der Waals surface area contributed by atoms with Crippen LogP contribution in [-0.4, -0.2) is 15.7 Å². The average Bonchev–Trinajstić information content (AvgIpc) is 2.91. The fourth-order valence-electron chi connectivity index (χ4n) is 2.30. The minimum absolute atomic E-state index is 0.121. The molecular weight excluding hydrogens is 264 g/mol. The van der Waals surface area contributed by atoms with Gasteiger partial charge < -0.3 is 11.1 Å². The van der Waals surface area contributed by atoms with Crippen molar-refractivity contribution >= 4 is 22.5 Å². The topological polar surface area (TPSA) is 72.9 Å². The zero-order chi connectivity index (χ0) is 14.7. The zero-order valence-corrected chi connectivity index (χ0v) is 11.5. The normalized spacial score (nSPS) is 10.7. The van der Waals surface area contributed by atoms with E-state index in [2.05, 4.69) is 10.4 Å². The summed E-state index contributed by atoms with van der Waals surface area (Å²) in [5, 5.41) is 8.16. The van der Waals surface area contributed by atoms with Crippen LogP contribution in [0.25, 0.3) is 10.9 Å². The maximum absolute atomic E-state index is 12.2. The van der Waals surface area contributed by atoms with Gasteiger partial charge in [-0.25, -0.2) is 0 Å². The number of hydrogen-bond acceptors (Lipinski definition) is 3. The summed E-state index contributed by atoms with van der Waals surface area (Å²) < 4.78 is 1.69. The SMILES string of the molecule is NCc1ccccc1NC(=O)Cn1ncc2ccccc21. The van der Waals surface area contributed by atoms with E-state index in [-0.39, 0.29) is 12.5 Å². The van der Waals surface area contributed by atoms with Crippen LogP contribution >= 0.6 is 0 Å². The van der Waals surface area contributed by atoms with Gasteiger partial charge in [-0.3, -0.25) is 9.48 Å². The molecule has 0 saturated heterocycles. The van der Waals surface area contributed by atoms with E-state index in [4.69, 9.17) is 5.73 Å². The first kappa shape index (κ1) is 13.3. The highest BCUT2D eigenvalue weighted by atomic mass is 16.2. The van der Waals surface area contributed by atoms with Gasteiger partial charge in [-0.05, 0) is 17.7 Å². The molecule has 1 aromatic heterocycles. The molecule has 5 nitrogen and oxygen atoms in total. The molecule has 0 bridgehead atoms. The van der Waals surface area contributed by atoms with Gasteiger partial charge in [-0.2, -0.15) is 5.10 Å². The second kappa shape index (κ2) is 5.76. The van der Waals surface area contributed by atoms with E-state index in [0.29, 0.717) is 6.54 Å². The Morgan fingerprint density at radius 3 is 2.76 bits per heavy atom. The molecule has 1 heterocycles. The van der Waals surface area contributed by atoms with Crippen molar-refractivity contribution in [1.29, 1.82) is 0 Å². The molecule has 2 aromatic carbocycles. The van der Waals surface area contributed by atoms with Crippen LogP contribution in [0.4, 0.5) is 5.69 Å². The van der Waals surface area contributed by atoms with Crippen molar-refractivity contribution in [3.8, 4) is 0 Å². The largest absolute Gasteiger partial charge is 0.326 e. The van der Waals surface area contributed by atoms with E-state index in [9.17, 15) is 4.79 Å². The molecule has 0 unspecified atom stereocenters. The number of carbonyl (C=O) groups is 1. The first-order chi connectivity index (χ1) is 10.3. The number of hydrogen-bond donors (Lipinski definition) is 2. The number of rotatable bonds is 4. The molecule has 0 aliphatic rings. The van der Waals surface area contributed by atoms with E-state index in [1.54, 1.807) is 10.9 Å². The summed E-state index contributed by atoms with van der Waals surface area (Å²) in [4.78, 5) is 12.2. The maximum atomic E-state index is 12.2. The molecular formula is C16H16N4O. The predicted molar refractivity (Wildman–Crippen MR) is 82.7 cm³/mol. The van der Waals surface area contributed by atoms with Crippen molar-refractivity contribution in [2.45, 2.75) is 13.1 Å². The van der Waals surface area contributed by atoms with Crippen LogP contribution < -0.4 is 11.1 Å². The third-order valence-electron chi connectivity index (χ3n) is 3.36. The number of nitrogens with zero attached hydrogens (tertiary/aromatic N) is 2. The van der Waals surface area contributed by atoms with Gasteiger partial charge in [0.15, 0.2) is 0 Å². The van der Waals surface area contributed by atoms with E-state index >= 15 is 0 Å². The Labute approximate surface area is 122 Å². The lowest BCUT2D eigenvalue weighted by Gasteiger charge is -2.10. The summed E-state index contributed by atoms with van der Waals surface area (Å²) in [6, 6.07) is 15.3. The number of nitrogens with one attached hydrogen (secondary N) is 1. The highest BCUT2D eigenvalue weighted by Gasteiger charge is 2.09. The van der Waals surface area contributed by atoms with Crippen LogP contribution in [0.2, 0.25) is 0 Å². The van der Waals surface area contributed by atoms with Crippen LogP contribution in [0.1, 0.15) is 5.56 Å². The third-order valence-corrected chi connectivity index (χ3v) is 3.36. The second-order valence-corrected chi connectivity index (χ2v) is 4.77. The predicted octanol–water partition coefficient (Wildman–Crippen LogP) is 2.13. The smallest absolute Gasteiger partial charge is 0.246 e. The van der Waals surface area contributed by atoms with E-state index < -0.39 is 0 Å². The molecule has 5 heteroatoms. The molecule has 3 aromatic rings. The third kappa shape index (κ3) is 2.78. The van der Waals surface area contributed by atoms with Gasteiger partial charge in [-0.1, -0.05) is 36.4 Å². The highest BCUT2D eigenvalue weighted by molar-refractivity contribution is 5.92. The Morgan fingerprint density at radius 1 is 1.14 bits per heavy atom. The molecule has 3 N–H and O–H groups in total. The Morgan fingerprint density at radius 2 is 1.90 bits per heavy atom. The van der Waals surface area contributed by atoms with Crippen molar-refractivity contribution in [1.82, 2.24) is 9.78 Å². The number of amides is 1. The molecule has 1 amide bonds. The molecule has 0 saturated carbocycles. The lowest BCUT2D eigenvalue weighted by molar-refractivity contribution is -0.116. The molecule has 0 atom stereocenters. The Balaban J connectivity index is 1.77. The minimum atomic E-state index is -0.121. The first-order valence-corrected chi connectivity index (χ1v) is 6.76. The molecule has 0 spiro atoms. The molecule has 0 aliphatic carbocycles. The average molecular weight is 280 g/mol. The van der Waals surface area contributed by atoms with Gasteiger partial charge in [-0.15, -0.1) is 0 Å². The van der Waals surface area contributed by atoms with E-state index in [1.165, 1.54) is 0 Å². The van der Waals surface area contributed by atoms with Crippen molar-refractivity contribution in [2.75, 3.05) is 5.32 Å². The monoisotopic (exact) mass is 280 g/mol. The molecule has 0 fully saturated rings. The summed E-state index contributed by atoms with van der Waals surface area (Å²) in [5.74, 6) is -0.121. The quantitative estimate of drug-likeness (QED) is 0.769. The highest BCUT2D eigenvalue weighted by Crippen LogP contribution is 2.15. The van der Waals surface area contributed by atoms with Crippen LogP contribution in [-0.2, 0) is 17.9 Å². The summed E-state index contributed by atoms with van der Waals surface area (Å²) in [7, 11) is 0. The van der Waals surface area contributed by atoms with Crippen LogP contribution in [0, 0.1) is 0 Å².